The average molecular weight is 575 g/mol. The molecule has 1 aliphatic carbocycles. The van der Waals surface area contributed by atoms with Crippen molar-refractivity contribution in [2.75, 3.05) is 22.7 Å². The number of anilines is 2. The Morgan fingerprint density at radius 2 is 1.80 bits per heavy atom. The van der Waals surface area contributed by atoms with Gasteiger partial charge in [0.1, 0.15) is 11.6 Å². The van der Waals surface area contributed by atoms with Crippen LogP contribution in [0.5, 0.6) is 0 Å². The summed E-state index contributed by atoms with van der Waals surface area (Å²) in [7, 11) is -4.33. The van der Waals surface area contributed by atoms with Gasteiger partial charge in [0, 0.05) is 18.7 Å². The highest BCUT2D eigenvalue weighted by molar-refractivity contribution is 7.92. The highest BCUT2D eigenvalue weighted by atomic mass is 32.2. The van der Waals surface area contributed by atoms with Crippen molar-refractivity contribution < 1.29 is 31.5 Å². The molecule has 0 spiro atoms. The van der Waals surface area contributed by atoms with E-state index in [-0.39, 0.29) is 29.0 Å². The molecule has 2 aliphatic rings. The molecular formula is C28H29F3N4O4S. The number of rotatable bonds is 7. The van der Waals surface area contributed by atoms with E-state index in [4.69, 9.17) is 0 Å². The van der Waals surface area contributed by atoms with Gasteiger partial charge in [0.2, 0.25) is 0 Å². The number of carboxylic acid groups (broad SMARTS) is 1. The molecule has 2 fully saturated rings. The second kappa shape index (κ2) is 10.4. The second-order valence-electron chi connectivity index (χ2n) is 10.6. The van der Waals surface area contributed by atoms with Crippen molar-refractivity contribution in [3.8, 4) is 11.3 Å². The van der Waals surface area contributed by atoms with Gasteiger partial charge in [-0.2, -0.15) is 21.6 Å². The lowest BCUT2D eigenvalue weighted by Crippen LogP contribution is -2.46. The lowest BCUT2D eigenvalue weighted by atomic mass is 9.77. The molecule has 12 heteroatoms. The first-order chi connectivity index (χ1) is 18.9. The van der Waals surface area contributed by atoms with Crippen LogP contribution in [0, 0.1) is 5.41 Å². The molecule has 0 amide bonds. The Labute approximate surface area is 230 Å². The fourth-order valence-corrected chi connectivity index (χ4v) is 6.23. The van der Waals surface area contributed by atoms with E-state index in [0.717, 1.165) is 37.0 Å². The molecule has 8 nitrogen and oxygen atoms in total. The number of carboxylic acids is 1. The summed E-state index contributed by atoms with van der Waals surface area (Å²) < 4.78 is 70.8. The third kappa shape index (κ3) is 5.49. The Morgan fingerprint density at radius 1 is 1.05 bits per heavy atom. The van der Waals surface area contributed by atoms with E-state index in [1.807, 2.05) is 0 Å². The zero-order valence-corrected chi connectivity index (χ0v) is 22.6. The number of alkyl halides is 3. The van der Waals surface area contributed by atoms with Gasteiger partial charge >= 0.3 is 12.1 Å². The third-order valence-electron chi connectivity index (χ3n) is 7.72. The van der Waals surface area contributed by atoms with Gasteiger partial charge in [0.15, 0.2) is 5.03 Å². The van der Waals surface area contributed by atoms with Gasteiger partial charge in [0.25, 0.3) is 10.0 Å². The third-order valence-corrected chi connectivity index (χ3v) is 8.98. The van der Waals surface area contributed by atoms with Crippen molar-refractivity contribution in [3.63, 3.8) is 0 Å². The minimum absolute atomic E-state index is 0.129. The molecule has 1 saturated carbocycles. The van der Waals surface area contributed by atoms with Gasteiger partial charge in [0.05, 0.1) is 16.7 Å². The number of aromatic nitrogens is 2. The van der Waals surface area contributed by atoms with Crippen molar-refractivity contribution in [2.24, 2.45) is 5.41 Å². The summed E-state index contributed by atoms with van der Waals surface area (Å²) >= 11 is 0. The number of sulfonamides is 1. The molecule has 2 N–H and O–H groups in total. The van der Waals surface area contributed by atoms with E-state index in [1.54, 1.807) is 42.2 Å². The van der Waals surface area contributed by atoms with Gasteiger partial charge in [-0.1, -0.05) is 36.8 Å². The van der Waals surface area contributed by atoms with Crippen LogP contribution < -0.4 is 9.62 Å². The van der Waals surface area contributed by atoms with Gasteiger partial charge < -0.3 is 10.0 Å². The first kappa shape index (κ1) is 27.9. The monoisotopic (exact) mass is 574 g/mol. The number of hydrogen-bond acceptors (Lipinski definition) is 6. The van der Waals surface area contributed by atoms with E-state index in [1.165, 1.54) is 12.1 Å². The zero-order chi connectivity index (χ0) is 28.7. The largest absolute Gasteiger partial charge is 0.481 e. The Morgan fingerprint density at radius 3 is 2.48 bits per heavy atom. The Bertz CT molecular complexity index is 1540. The van der Waals surface area contributed by atoms with E-state index in [2.05, 4.69) is 14.7 Å². The Balaban J connectivity index is 1.47. The maximum atomic E-state index is 14.0. The van der Waals surface area contributed by atoms with Crippen LogP contribution in [-0.2, 0) is 21.0 Å². The molecule has 1 atom stereocenters. The summed E-state index contributed by atoms with van der Waals surface area (Å²) in [5.74, 6) is -0.782. The van der Waals surface area contributed by atoms with Crippen LogP contribution >= 0.6 is 0 Å². The molecule has 1 aliphatic heterocycles. The van der Waals surface area contributed by atoms with Crippen LogP contribution in [0.15, 0.2) is 59.6 Å². The molecule has 0 radical (unpaired) electrons. The van der Waals surface area contributed by atoms with Gasteiger partial charge in [-0.05, 0) is 68.4 Å². The number of halogens is 3. The van der Waals surface area contributed by atoms with Gasteiger partial charge in [-0.3, -0.25) is 9.52 Å². The maximum absolute atomic E-state index is 14.0. The summed E-state index contributed by atoms with van der Waals surface area (Å²) in [5.41, 5.74) is -1.20. The molecule has 3 heterocycles. The van der Waals surface area contributed by atoms with E-state index in [0.29, 0.717) is 30.8 Å². The van der Waals surface area contributed by atoms with Crippen LogP contribution in [0.1, 0.15) is 56.1 Å². The lowest BCUT2D eigenvalue weighted by Gasteiger charge is -2.38. The molecule has 0 unspecified atom stereocenters. The van der Waals surface area contributed by atoms with Crippen molar-refractivity contribution in [3.05, 3.63) is 65.7 Å². The Kier molecular flexibility index (Phi) is 7.24. The van der Waals surface area contributed by atoms with Crippen LogP contribution in [0.4, 0.5) is 24.8 Å². The maximum Gasteiger partial charge on any atom is 0.418 e. The van der Waals surface area contributed by atoms with Crippen molar-refractivity contribution in [2.45, 2.75) is 56.1 Å². The number of carbonyl (C=O) groups is 1. The van der Waals surface area contributed by atoms with Crippen molar-refractivity contribution >= 4 is 27.6 Å². The number of nitrogens with zero attached hydrogens (tertiary/aromatic N) is 3. The van der Waals surface area contributed by atoms with E-state index in [9.17, 15) is 31.5 Å². The highest BCUT2D eigenvalue weighted by Gasteiger charge is 2.39. The SMILES string of the molecule is C[C@@]1(C(=O)O)CCCN(c2cccc(S(=O)(=O)Nc3ccc(C(F)(F)F)c(-c4ccccc4C4CCC4)n3)n2)C1. The summed E-state index contributed by atoms with van der Waals surface area (Å²) in [6, 6.07) is 13.0. The topological polar surface area (TPSA) is 112 Å². The second-order valence-corrected chi connectivity index (χ2v) is 12.3. The first-order valence-corrected chi connectivity index (χ1v) is 14.5. The summed E-state index contributed by atoms with van der Waals surface area (Å²) in [4.78, 5) is 21.9. The Hall–Kier alpha value is -3.67. The summed E-state index contributed by atoms with van der Waals surface area (Å²) in [6.07, 6.45) is -0.867. The molecule has 1 aromatic carbocycles. The van der Waals surface area contributed by atoms with E-state index < -0.39 is 33.1 Å². The molecule has 40 heavy (non-hydrogen) atoms. The van der Waals surface area contributed by atoms with Crippen molar-refractivity contribution in [1.29, 1.82) is 0 Å². The number of aliphatic carboxylic acids is 1. The number of benzene rings is 1. The molecule has 2 aromatic heterocycles. The average Bonchev–Trinajstić information content (AvgIpc) is 2.87. The highest BCUT2D eigenvalue weighted by Crippen LogP contribution is 2.44. The lowest BCUT2D eigenvalue weighted by molar-refractivity contribution is -0.148. The number of piperidine rings is 1. The van der Waals surface area contributed by atoms with Crippen LogP contribution in [-0.4, -0.2) is 42.6 Å². The molecule has 1 saturated heterocycles. The molecule has 212 valence electrons. The van der Waals surface area contributed by atoms with Gasteiger partial charge in [-0.25, -0.2) is 9.97 Å². The van der Waals surface area contributed by atoms with Crippen LogP contribution in [0.25, 0.3) is 11.3 Å². The van der Waals surface area contributed by atoms with E-state index >= 15 is 0 Å². The first-order valence-electron chi connectivity index (χ1n) is 13.0. The van der Waals surface area contributed by atoms with Crippen LogP contribution in [0.3, 0.4) is 0 Å². The normalized spacial score (nSPS) is 20.1. The predicted octanol–water partition coefficient (Wildman–Crippen LogP) is 5.92. The fraction of sp³-hybridized carbons (Fsp3) is 0.393. The number of nitrogens with one attached hydrogen (secondary N) is 1. The minimum Gasteiger partial charge on any atom is -0.481 e. The zero-order valence-electron chi connectivity index (χ0n) is 21.8. The van der Waals surface area contributed by atoms with Gasteiger partial charge in [-0.15, -0.1) is 0 Å². The standard InChI is InChI=1S/C28H29F3N4O4S/c1-27(26(36)37)15-6-16-35(17-27)23-11-5-12-24(33-23)40(38,39)34-22-14-13-21(28(29,30)31)25(32-22)20-10-3-2-9-19(20)18-7-4-8-18/h2-3,5,9-14,18H,4,6-8,15-17H2,1H3,(H,32,34)(H,36,37)/t27-/m1/s1. The smallest absolute Gasteiger partial charge is 0.418 e. The summed E-state index contributed by atoms with van der Waals surface area (Å²) in [5, 5.41) is 9.26. The fourth-order valence-electron chi connectivity index (χ4n) is 5.27. The molecular weight excluding hydrogens is 545 g/mol. The summed E-state index contributed by atoms with van der Waals surface area (Å²) in [6.45, 7) is 2.31. The number of hydrogen-bond donors (Lipinski definition) is 2. The van der Waals surface area contributed by atoms with Crippen LogP contribution in [0.2, 0.25) is 0 Å². The quantitative estimate of drug-likeness (QED) is 0.360. The molecule has 0 bridgehead atoms. The minimum atomic E-state index is -4.69. The number of pyridine rings is 2. The predicted molar refractivity (Wildman–Crippen MR) is 144 cm³/mol. The molecule has 5 rings (SSSR count). The molecule has 3 aromatic rings. The van der Waals surface area contributed by atoms with Crippen molar-refractivity contribution in [1.82, 2.24) is 9.97 Å².